The normalized spacial score (nSPS) is 16.0. The van der Waals surface area contributed by atoms with Crippen LogP contribution in [0.4, 0.5) is 5.69 Å². The van der Waals surface area contributed by atoms with Crippen LogP contribution in [0.2, 0.25) is 10.0 Å². The van der Waals surface area contributed by atoms with Gasteiger partial charge in [0.1, 0.15) is 17.9 Å². The first-order valence-corrected chi connectivity index (χ1v) is 19.3. The fourth-order valence-corrected chi connectivity index (χ4v) is 7.59. The van der Waals surface area contributed by atoms with Crippen molar-refractivity contribution in [3.8, 4) is 5.75 Å². The zero-order valence-corrected chi connectivity index (χ0v) is 32.4. The number of ether oxygens (including phenoxy) is 1. The summed E-state index contributed by atoms with van der Waals surface area (Å²) >= 11 is 12.6. The first kappa shape index (κ1) is 39.2. The molecule has 0 radical (unpaired) electrons. The predicted molar refractivity (Wildman–Crippen MR) is 214 cm³/mol. The number of piperidine rings is 1. The summed E-state index contributed by atoms with van der Waals surface area (Å²) in [6.45, 7) is 3.32. The van der Waals surface area contributed by atoms with Gasteiger partial charge in [-0.15, -0.1) is 0 Å². The largest absolute Gasteiger partial charge is 0.486 e. The molecular weight excluding hydrogens is 773 g/mol. The third-order valence-corrected chi connectivity index (χ3v) is 10.4. The number of benzene rings is 2. The van der Waals surface area contributed by atoms with E-state index in [1.54, 1.807) is 29.1 Å². The number of hydrogen-bond acceptors (Lipinski definition) is 10. The molecule has 1 saturated heterocycles. The molecule has 294 valence electrons. The molecule has 1 unspecified atom stereocenters. The minimum Gasteiger partial charge on any atom is -0.486 e. The molecule has 1 fully saturated rings. The molecule has 57 heavy (non-hydrogen) atoms. The summed E-state index contributed by atoms with van der Waals surface area (Å²) in [6.07, 6.45) is 12.8. The maximum absolute atomic E-state index is 13.3. The van der Waals surface area contributed by atoms with Crippen molar-refractivity contribution in [3.05, 3.63) is 99.2 Å². The summed E-state index contributed by atoms with van der Waals surface area (Å²) < 4.78 is 7.93. The number of imide groups is 2. The fraction of sp³-hybridized carbons (Fsp3) is 0.300. The molecule has 0 spiro atoms. The van der Waals surface area contributed by atoms with Gasteiger partial charge in [-0.3, -0.25) is 49.0 Å². The van der Waals surface area contributed by atoms with Gasteiger partial charge in [0.15, 0.2) is 0 Å². The number of unbranched alkanes of at least 4 members (excludes halogenated alkanes) is 2. The molecule has 3 aromatic heterocycles. The number of carbonyl (C=O) groups excluding carboxylic acids is 5. The van der Waals surface area contributed by atoms with E-state index in [0.717, 1.165) is 39.9 Å². The molecule has 5 amide bonds. The Labute approximate surface area is 337 Å². The number of halogens is 2. The molecule has 2 aliphatic heterocycles. The van der Waals surface area contributed by atoms with Crippen molar-refractivity contribution in [1.29, 1.82) is 0 Å². The van der Waals surface area contributed by atoms with Crippen LogP contribution < -0.4 is 20.7 Å². The van der Waals surface area contributed by atoms with E-state index in [2.05, 4.69) is 36.2 Å². The van der Waals surface area contributed by atoms with E-state index in [0.29, 0.717) is 59.5 Å². The second kappa shape index (κ2) is 17.4. The van der Waals surface area contributed by atoms with E-state index in [9.17, 15) is 24.0 Å². The lowest BCUT2D eigenvalue weighted by molar-refractivity contribution is -0.136. The third-order valence-electron chi connectivity index (χ3n) is 9.79. The van der Waals surface area contributed by atoms with Crippen molar-refractivity contribution in [3.63, 3.8) is 0 Å². The van der Waals surface area contributed by atoms with Gasteiger partial charge in [0.2, 0.25) is 17.7 Å². The minimum atomic E-state index is -1.02. The van der Waals surface area contributed by atoms with E-state index in [4.69, 9.17) is 27.9 Å². The van der Waals surface area contributed by atoms with Crippen molar-refractivity contribution >= 4 is 81.5 Å². The minimum absolute atomic E-state index is 0.0520. The number of pyridine rings is 1. The summed E-state index contributed by atoms with van der Waals surface area (Å²) in [7, 11) is 0. The van der Waals surface area contributed by atoms with Crippen molar-refractivity contribution in [2.24, 2.45) is 0 Å². The van der Waals surface area contributed by atoms with Crippen molar-refractivity contribution < 1.29 is 28.7 Å². The van der Waals surface area contributed by atoms with Crippen LogP contribution in [0, 0.1) is 0 Å². The van der Waals surface area contributed by atoms with Crippen LogP contribution in [0.25, 0.3) is 23.1 Å². The molecule has 0 saturated carbocycles. The van der Waals surface area contributed by atoms with Crippen LogP contribution in [0.1, 0.15) is 89.1 Å². The van der Waals surface area contributed by atoms with Crippen LogP contribution in [-0.4, -0.2) is 78.5 Å². The highest BCUT2D eigenvalue weighted by atomic mass is 35.5. The molecule has 4 N–H and O–H groups in total. The molecule has 2 aromatic carbocycles. The zero-order valence-electron chi connectivity index (χ0n) is 30.9. The van der Waals surface area contributed by atoms with Crippen molar-refractivity contribution in [2.45, 2.75) is 64.1 Å². The number of nitrogens with one attached hydrogen (secondary N) is 4. The summed E-state index contributed by atoms with van der Waals surface area (Å²) in [5.41, 5.74) is 4.08. The number of carbonyl (C=O) groups is 5. The van der Waals surface area contributed by atoms with Gasteiger partial charge in [0.05, 0.1) is 45.1 Å². The van der Waals surface area contributed by atoms with Gasteiger partial charge in [0, 0.05) is 66.7 Å². The molecular formula is C40H39Cl2N9O6. The Kier molecular flexibility index (Phi) is 12.0. The summed E-state index contributed by atoms with van der Waals surface area (Å²) in [4.78, 5) is 67.7. The summed E-state index contributed by atoms with van der Waals surface area (Å²) in [5.74, 6) is -1.58. The van der Waals surface area contributed by atoms with Crippen molar-refractivity contribution in [2.75, 3.05) is 18.4 Å². The summed E-state index contributed by atoms with van der Waals surface area (Å²) in [5, 5.41) is 22.0. The van der Waals surface area contributed by atoms with E-state index in [1.807, 2.05) is 43.5 Å². The monoisotopic (exact) mass is 811 g/mol. The number of aromatic amines is 1. The Morgan fingerprint density at radius 1 is 1.02 bits per heavy atom. The quantitative estimate of drug-likeness (QED) is 0.0683. The number of rotatable bonds is 16. The number of H-pyrrole nitrogens is 1. The molecule has 2 atom stereocenters. The fourth-order valence-electron chi connectivity index (χ4n) is 6.92. The molecule has 7 rings (SSSR count). The Morgan fingerprint density at radius 3 is 2.65 bits per heavy atom. The number of aromatic nitrogens is 5. The molecule has 5 aromatic rings. The summed E-state index contributed by atoms with van der Waals surface area (Å²) in [6, 6.07) is 9.60. The lowest BCUT2D eigenvalue weighted by Crippen LogP contribution is -2.54. The Morgan fingerprint density at radius 2 is 1.84 bits per heavy atom. The lowest BCUT2D eigenvalue weighted by atomic mass is 10.0. The molecule has 5 heterocycles. The van der Waals surface area contributed by atoms with Gasteiger partial charge in [-0.05, 0) is 68.7 Å². The Bertz CT molecular complexity index is 2370. The van der Waals surface area contributed by atoms with Gasteiger partial charge < -0.3 is 15.4 Å². The predicted octanol–water partition coefficient (Wildman–Crippen LogP) is 5.96. The van der Waals surface area contributed by atoms with Crippen LogP contribution in [0.3, 0.4) is 0 Å². The molecule has 15 nitrogen and oxygen atoms in total. The Balaban J connectivity index is 0.820. The molecule has 17 heteroatoms. The highest BCUT2D eigenvalue weighted by Crippen LogP contribution is 2.34. The Hall–Kier alpha value is -6.06. The van der Waals surface area contributed by atoms with Gasteiger partial charge in [-0.2, -0.15) is 10.2 Å². The van der Waals surface area contributed by atoms with Gasteiger partial charge >= 0.3 is 0 Å². The average molecular weight is 813 g/mol. The second-order valence-corrected chi connectivity index (χ2v) is 14.5. The number of amides is 5. The SMILES string of the molecule is C[C@@H](Oc1ccc2[nH]nc(/C=C/c3cnn(CCNC(=O)CCCCCNc4cccc5c4C(=O)N(C4CCC(=O)NC4=O)C5=O)c3)c2c1)c1c(Cl)cncc1Cl. The first-order valence-electron chi connectivity index (χ1n) is 18.6. The third kappa shape index (κ3) is 8.84. The highest BCUT2D eigenvalue weighted by Gasteiger charge is 2.45. The maximum Gasteiger partial charge on any atom is 0.264 e. The molecule has 0 aliphatic carbocycles. The maximum atomic E-state index is 13.3. The van der Waals surface area contributed by atoms with E-state index in [-0.39, 0.29) is 29.9 Å². The van der Waals surface area contributed by atoms with Crippen LogP contribution >= 0.6 is 23.2 Å². The number of fused-ring (bicyclic) bond motifs is 2. The molecule has 0 bridgehead atoms. The van der Waals surface area contributed by atoms with Crippen molar-refractivity contribution in [1.82, 2.24) is 40.5 Å². The van der Waals surface area contributed by atoms with E-state index in [1.165, 1.54) is 12.4 Å². The second-order valence-electron chi connectivity index (χ2n) is 13.7. The average Bonchev–Trinajstić information content (AvgIpc) is 3.88. The smallest absolute Gasteiger partial charge is 0.264 e. The number of nitrogens with zero attached hydrogens (tertiary/aromatic N) is 5. The number of anilines is 1. The lowest BCUT2D eigenvalue weighted by Gasteiger charge is -2.27. The van der Waals surface area contributed by atoms with E-state index < -0.39 is 35.8 Å². The van der Waals surface area contributed by atoms with Crippen LogP contribution in [0.15, 0.2) is 61.2 Å². The van der Waals surface area contributed by atoms with E-state index >= 15 is 0 Å². The zero-order chi connectivity index (χ0) is 40.1. The van der Waals surface area contributed by atoms with Crippen LogP contribution in [0.5, 0.6) is 5.75 Å². The van der Waals surface area contributed by atoms with Gasteiger partial charge in [-0.1, -0.05) is 35.7 Å². The standard InChI is InChI=1S/C40H39Cl2N9O6/c1-23(36-28(41)20-43-21-29(36)42)57-25-10-12-31-27(18-25)30(48-49-31)11-9-24-19-46-50(22-24)17-16-45-34(52)8-3-2-4-15-44-32-7-5-6-26-37(32)40(56)51(39(26)55)33-13-14-35(53)47-38(33)54/h5-7,9-12,18-23,33,44H,2-4,8,13-17H2,1H3,(H,45,52)(H,48,49)(H,47,53,54)/b11-9+/t23-,33?/m1/s1. The van der Waals surface area contributed by atoms with Crippen LogP contribution in [-0.2, 0) is 20.9 Å². The van der Waals surface area contributed by atoms with Gasteiger partial charge in [0.25, 0.3) is 11.8 Å². The van der Waals surface area contributed by atoms with Gasteiger partial charge in [-0.25, -0.2) is 0 Å². The first-order chi connectivity index (χ1) is 27.6. The number of hydrogen-bond donors (Lipinski definition) is 4. The topological polar surface area (TPSA) is 193 Å². The molecule has 2 aliphatic rings. The highest BCUT2D eigenvalue weighted by molar-refractivity contribution is 6.35.